The number of ether oxygens (including phenoxy) is 4. The van der Waals surface area contributed by atoms with Crippen LogP contribution in [0.15, 0.2) is 73.1 Å². The number of fused-ring (bicyclic) bond motifs is 4. The van der Waals surface area contributed by atoms with Crippen molar-refractivity contribution in [3.05, 3.63) is 110 Å². The van der Waals surface area contributed by atoms with Crippen molar-refractivity contribution < 1.29 is 33.5 Å². The van der Waals surface area contributed by atoms with Crippen LogP contribution in [0.25, 0.3) is 0 Å². The zero-order valence-corrected chi connectivity index (χ0v) is 32.4. The van der Waals surface area contributed by atoms with E-state index in [1.54, 1.807) is 25.6 Å². The number of rotatable bonds is 15. The van der Waals surface area contributed by atoms with Gasteiger partial charge in [-0.15, -0.1) is 11.3 Å². The molecular weight excluding hydrogens is 733 g/mol. The fourth-order valence-corrected chi connectivity index (χ4v) is 8.62. The van der Waals surface area contributed by atoms with E-state index in [2.05, 4.69) is 15.2 Å². The van der Waals surface area contributed by atoms with Crippen molar-refractivity contribution >= 4 is 46.5 Å². The summed E-state index contributed by atoms with van der Waals surface area (Å²) in [5, 5.41) is 4.28. The molecule has 2 N–H and O–H groups in total. The summed E-state index contributed by atoms with van der Waals surface area (Å²) in [6.45, 7) is 5.73. The van der Waals surface area contributed by atoms with E-state index in [0.29, 0.717) is 62.5 Å². The van der Waals surface area contributed by atoms with Gasteiger partial charge in [-0.05, 0) is 99.3 Å². The number of carbonyl (C=O) groups is 2. The normalized spacial score (nSPS) is 21.2. The highest BCUT2D eigenvalue weighted by atomic mass is 35.5. The Labute approximate surface area is 324 Å². The van der Waals surface area contributed by atoms with Gasteiger partial charge in [0.15, 0.2) is 23.9 Å². The number of esters is 2. The molecule has 0 spiro atoms. The highest BCUT2D eigenvalue weighted by Crippen LogP contribution is 2.40. The van der Waals surface area contributed by atoms with Crippen molar-refractivity contribution in [3.8, 4) is 11.5 Å². The van der Waals surface area contributed by atoms with E-state index in [0.717, 1.165) is 49.3 Å². The zero-order valence-electron chi connectivity index (χ0n) is 30.1. The smallest absolute Gasteiger partial charge is 0.349 e. The van der Waals surface area contributed by atoms with Crippen LogP contribution in [0.5, 0.6) is 11.5 Å². The maximum atomic E-state index is 14.0. The topological polar surface area (TPSA) is 100 Å². The van der Waals surface area contributed by atoms with Crippen LogP contribution in [-0.4, -0.2) is 56.3 Å². The second-order valence-corrected chi connectivity index (χ2v) is 16.6. The lowest BCUT2D eigenvalue weighted by Gasteiger charge is -2.31. The van der Waals surface area contributed by atoms with Crippen molar-refractivity contribution in [2.75, 3.05) is 33.4 Å². The largest absolute Gasteiger partial charge is 0.493 e. The molecule has 3 saturated heterocycles. The van der Waals surface area contributed by atoms with Crippen LogP contribution in [0.1, 0.15) is 76.3 Å². The molecule has 0 amide bonds. The predicted molar refractivity (Wildman–Crippen MR) is 205 cm³/mol. The van der Waals surface area contributed by atoms with Crippen LogP contribution in [-0.2, 0) is 32.8 Å². The number of benzene rings is 2. The molecule has 4 aromatic rings. The number of methoxy groups -OCH3 is 1. The molecular formula is C41H46Cl2N3O6S+. The van der Waals surface area contributed by atoms with Crippen LogP contribution < -0.4 is 19.8 Å². The first-order chi connectivity index (χ1) is 25.7. The molecule has 9 nitrogen and oxygen atoms in total. The van der Waals surface area contributed by atoms with Gasteiger partial charge in [0.05, 0.1) is 13.7 Å². The molecule has 3 aliphatic heterocycles. The average Bonchev–Trinajstić information content (AvgIpc) is 3.94. The summed E-state index contributed by atoms with van der Waals surface area (Å²) in [6.07, 6.45) is 8.93. The Hall–Kier alpha value is -3.67. The Balaban J connectivity index is 1.08. The van der Waals surface area contributed by atoms with E-state index in [-0.39, 0.29) is 18.5 Å². The van der Waals surface area contributed by atoms with Gasteiger partial charge in [-0.25, -0.2) is 14.6 Å². The van der Waals surface area contributed by atoms with Gasteiger partial charge in [-0.2, -0.15) is 0 Å². The lowest BCUT2D eigenvalue weighted by atomic mass is 9.88. The van der Waals surface area contributed by atoms with Gasteiger partial charge < -0.3 is 18.9 Å². The standard InChI is InChI=1S/C41H45Cl2N3O6S/c1-41(20-32-33(42)22-44-23-34(32)43,29-10-12-35(49-2)36(19-29)50-25-27-8-9-27)52-39(47)37-13-11-31(53-37)21-45-38(28-6-4-3-5-7-28)40(48)51-30-18-26-14-16-46(24-30)17-15-26/h3-7,10-13,19,22-23,26-27,30,38,45H,8-9,14-18,20-21,24-25H2,1-2H3/p+1/t30-,38?,41-/m1/s1. The van der Waals surface area contributed by atoms with E-state index in [4.69, 9.17) is 42.1 Å². The van der Waals surface area contributed by atoms with Crippen LogP contribution in [0.4, 0.5) is 0 Å². The molecule has 2 aromatic carbocycles. The Bertz CT molecular complexity index is 1860. The summed E-state index contributed by atoms with van der Waals surface area (Å²) in [6, 6.07) is 18.2. The summed E-state index contributed by atoms with van der Waals surface area (Å²) < 4.78 is 24.3. The third kappa shape index (κ3) is 9.35. The van der Waals surface area contributed by atoms with E-state index >= 15 is 0 Å². The number of H-pyrrole nitrogens is 1. The molecule has 4 fully saturated rings. The van der Waals surface area contributed by atoms with Crippen LogP contribution >= 0.6 is 34.5 Å². The summed E-state index contributed by atoms with van der Waals surface area (Å²) in [4.78, 5) is 34.3. The second kappa shape index (κ2) is 16.8. The first-order valence-corrected chi connectivity index (χ1v) is 19.9. The summed E-state index contributed by atoms with van der Waals surface area (Å²) in [5.74, 6) is 1.54. The Kier molecular flexibility index (Phi) is 11.9. The highest BCUT2D eigenvalue weighted by molar-refractivity contribution is 7.13. The molecule has 2 bridgehead atoms. The summed E-state index contributed by atoms with van der Waals surface area (Å²) in [7, 11) is 1.60. The Morgan fingerprint density at radius 2 is 1.75 bits per heavy atom. The maximum Gasteiger partial charge on any atom is 0.349 e. The van der Waals surface area contributed by atoms with Crippen molar-refractivity contribution in [1.29, 1.82) is 0 Å². The molecule has 12 heteroatoms. The van der Waals surface area contributed by atoms with E-state index in [1.807, 2.05) is 61.5 Å². The maximum absolute atomic E-state index is 14.0. The van der Waals surface area contributed by atoms with E-state index in [1.165, 1.54) is 24.2 Å². The summed E-state index contributed by atoms with van der Waals surface area (Å²) >= 11 is 14.5. The van der Waals surface area contributed by atoms with Crippen molar-refractivity contribution in [2.45, 2.75) is 69.7 Å². The van der Waals surface area contributed by atoms with Crippen molar-refractivity contribution in [2.24, 2.45) is 11.8 Å². The number of carbonyl (C=O) groups excluding carboxylic acids is 2. The molecule has 5 heterocycles. The minimum atomic E-state index is -1.19. The molecule has 1 aliphatic carbocycles. The van der Waals surface area contributed by atoms with Gasteiger partial charge >= 0.3 is 11.9 Å². The third-order valence-corrected chi connectivity index (χ3v) is 12.3. The SMILES string of the molecule is COc1ccc([C@@](C)(Cc2c(Cl)c[nH+]cc2Cl)OC(=O)c2ccc(CNC(C(=O)O[C@@H]3CC4CCN(CC4)C3)c3ccccc3)s2)cc1OCC1CC1. The Morgan fingerprint density at radius 1 is 1.00 bits per heavy atom. The number of nitrogens with zero attached hydrogens (tertiary/aromatic N) is 1. The van der Waals surface area contributed by atoms with Gasteiger partial charge in [0.25, 0.3) is 0 Å². The second-order valence-electron chi connectivity index (χ2n) is 14.6. The molecule has 53 heavy (non-hydrogen) atoms. The van der Waals surface area contributed by atoms with Crippen LogP contribution in [0.2, 0.25) is 10.0 Å². The lowest BCUT2D eigenvalue weighted by Crippen LogP contribution is -2.37. The quantitative estimate of drug-likeness (QED) is 0.122. The fourth-order valence-electron chi connectivity index (χ4n) is 7.27. The van der Waals surface area contributed by atoms with Gasteiger partial charge in [-0.3, -0.25) is 10.2 Å². The number of piperidine rings is 1. The molecule has 280 valence electrons. The molecule has 1 unspecified atom stereocenters. The number of hydrogen-bond acceptors (Lipinski definition) is 9. The van der Waals surface area contributed by atoms with Crippen LogP contribution in [0.3, 0.4) is 0 Å². The predicted octanol–water partition coefficient (Wildman–Crippen LogP) is 7.84. The molecule has 2 aromatic heterocycles. The Morgan fingerprint density at radius 3 is 2.47 bits per heavy atom. The number of hydrogen-bond donors (Lipinski definition) is 1. The van der Waals surface area contributed by atoms with Crippen molar-refractivity contribution in [1.82, 2.24) is 10.2 Å². The monoisotopic (exact) mass is 778 g/mol. The lowest BCUT2D eigenvalue weighted by molar-refractivity contribution is -0.377. The number of aromatic nitrogens is 1. The van der Waals surface area contributed by atoms with Gasteiger partial charge in [-0.1, -0.05) is 59.6 Å². The van der Waals surface area contributed by atoms with Gasteiger partial charge in [0, 0.05) is 30.0 Å². The van der Waals surface area contributed by atoms with Gasteiger partial charge in [0.2, 0.25) is 0 Å². The van der Waals surface area contributed by atoms with Crippen molar-refractivity contribution in [3.63, 3.8) is 0 Å². The minimum absolute atomic E-state index is 0.117. The molecule has 8 rings (SSSR count). The van der Waals surface area contributed by atoms with Gasteiger partial charge in [0.1, 0.15) is 32.7 Å². The number of nitrogens with one attached hydrogen (secondary N) is 2. The molecule has 4 aliphatic rings. The summed E-state index contributed by atoms with van der Waals surface area (Å²) in [5.41, 5.74) is 0.992. The number of thiophene rings is 1. The molecule has 1 saturated carbocycles. The number of pyridine rings is 1. The fraction of sp³-hybridized carbons (Fsp3) is 0.439. The van der Waals surface area contributed by atoms with E-state index < -0.39 is 17.6 Å². The first-order valence-electron chi connectivity index (χ1n) is 18.4. The van der Waals surface area contributed by atoms with E-state index in [9.17, 15) is 9.59 Å². The minimum Gasteiger partial charge on any atom is -0.493 e. The molecule has 0 radical (unpaired) electrons. The average molecular weight is 780 g/mol. The van der Waals surface area contributed by atoms with Crippen LogP contribution in [0, 0.1) is 11.8 Å². The number of aromatic amines is 1. The number of halogens is 2. The molecule has 3 atom stereocenters. The first kappa shape index (κ1) is 37.6. The highest BCUT2D eigenvalue weighted by Gasteiger charge is 2.37. The zero-order chi connectivity index (χ0) is 37.0. The third-order valence-electron chi connectivity index (χ3n) is 10.5.